The van der Waals surface area contributed by atoms with Crippen LogP contribution >= 0.6 is 0 Å². The lowest BCUT2D eigenvalue weighted by Gasteiger charge is -2.12. The van der Waals surface area contributed by atoms with E-state index in [1.807, 2.05) is 37.3 Å². The third-order valence-electron chi connectivity index (χ3n) is 4.01. The Morgan fingerprint density at radius 3 is 2.72 bits per heavy atom. The van der Waals surface area contributed by atoms with Crippen LogP contribution in [0.3, 0.4) is 0 Å². The molecule has 0 aliphatic carbocycles. The average molecular weight is 393 g/mol. The molecule has 2 N–H and O–H groups in total. The minimum atomic E-state index is -0.357. The van der Waals surface area contributed by atoms with Gasteiger partial charge in [0.25, 0.3) is 0 Å². The number of rotatable bonds is 8. The second kappa shape index (κ2) is 10.8. The third-order valence-corrected chi connectivity index (χ3v) is 4.01. The first kappa shape index (κ1) is 20.3. The van der Waals surface area contributed by atoms with Crippen molar-refractivity contribution >= 4 is 5.96 Å². The quantitative estimate of drug-likeness (QED) is 0.451. The van der Waals surface area contributed by atoms with Gasteiger partial charge in [0.2, 0.25) is 5.88 Å². The lowest BCUT2D eigenvalue weighted by molar-refractivity contribution is 0.452. The number of guanidine groups is 1. The molecule has 1 aromatic carbocycles. The van der Waals surface area contributed by atoms with Crippen molar-refractivity contribution in [1.29, 1.82) is 0 Å². The van der Waals surface area contributed by atoms with Gasteiger partial charge in [-0.05, 0) is 37.3 Å². The maximum Gasteiger partial charge on any atom is 0.224 e. The molecule has 3 rings (SSSR count). The van der Waals surface area contributed by atoms with Crippen LogP contribution < -0.4 is 15.4 Å². The fraction of sp³-hybridized carbons (Fsp3) is 0.227. The zero-order valence-electron chi connectivity index (χ0n) is 16.3. The van der Waals surface area contributed by atoms with Crippen LogP contribution in [-0.2, 0) is 13.0 Å². The number of hydrogen-bond acceptors (Lipinski definition) is 4. The predicted molar refractivity (Wildman–Crippen MR) is 111 cm³/mol. The molecular weight excluding hydrogens is 369 g/mol. The van der Waals surface area contributed by atoms with Crippen LogP contribution in [0.5, 0.6) is 11.6 Å². The molecule has 0 spiro atoms. The van der Waals surface area contributed by atoms with Crippen LogP contribution in [0.15, 0.2) is 72.0 Å². The van der Waals surface area contributed by atoms with E-state index < -0.39 is 0 Å². The molecule has 3 aromatic rings. The standard InChI is InChI=1S/C22H24FN5O/c1-2-24-22(27-14-11-19-9-3-4-12-25-19)28-16-17-7-6-13-26-21(17)29-20-10-5-8-18(23)15-20/h3-10,12-13,15H,2,11,14,16H2,1H3,(H2,24,27,28). The van der Waals surface area contributed by atoms with Crippen molar-refractivity contribution in [2.75, 3.05) is 13.1 Å². The number of benzene rings is 1. The Morgan fingerprint density at radius 2 is 1.93 bits per heavy atom. The minimum Gasteiger partial charge on any atom is -0.439 e. The van der Waals surface area contributed by atoms with Gasteiger partial charge >= 0.3 is 0 Å². The van der Waals surface area contributed by atoms with Gasteiger partial charge in [-0.1, -0.05) is 18.2 Å². The Hall–Kier alpha value is -3.48. The first-order valence-electron chi connectivity index (χ1n) is 9.54. The van der Waals surface area contributed by atoms with Crippen molar-refractivity contribution in [3.8, 4) is 11.6 Å². The molecular formula is C22H24FN5O. The number of hydrogen-bond donors (Lipinski definition) is 2. The number of aliphatic imine (C=N–C) groups is 1. The summed E-state index contributed by atoms with van der Waals surface area (Å²) in [7, 11) is 0. The molecule has 0 fully saturated rings. The van der Waals surface area contributed by atoms with E-state index in [9.17, 15) is 4.39 Å². The normalized spacial score (nSPS) is 11.2. The Kier molecular flexibility index (Phi) is 7.51. The monoisotopic (exact) mass is 393 g/mol. The summed E-state index contributed by atoms with van der Waals surface area (Å²) in [6, 6.07) is 15.6. The summed E-state index contributed by atoms with van der Waals surface area (Å²) in [6.07, 6.45) is 4.22. The molecule has 2 heterocycles. The van der Waals surface area contributed by atoms with Gasteiger partial charge in [0.05, 0.1) is 6.54 Å². The molecule has 6 nitrogen and oxygen atoms in total. The summed E-state index contributed by atoms with van der Waals surface area (Å²) in [5, 5.41) is 6.53. The molecule has 150 valence electrons. The SMILES string of the molecule is CCNC(=NCc1cccnc1Oc1cccc(F)c1)NCCc1ccccn1. The van der Waals surface area contributed by atoms with E-state index in [4.69, 9.17) is 4.74 Å². The van der Waals surface area contributed by atoms with Crippen molar-refractivity contribution in [3.05, 3.63) is 84.1 Å². The maximum absolute atomic E-state index is 13.4. The molecule has 0 bridgehead atoms. The molecule has 0 amide bonds. The van der Waals surface area contributed by atoms with Gasteiger partial charge < -0.3 is 15.4 Å². The first-order chi connectivity index (χ1) is 14.2. The van der Waals surface area contributed by atoms with Gasteiger partial charge in [-0.15, -0.1) is 0 Å². The van der Waals surface area contributed by atoms with E-state index in [1.165, 1.54) is 12.1 Å². The van der Waals surface area contributed by atoms with E-state index in [0.29, 0.717) is 30.7 Å². The van der Waals surface area contributed by atoms with Crippen LogP contribution in [0.4, 0.5) is 4.39 Å². The maximum atomic E-state index is 13.4. The fourth-order valence-electron chi connectivity index (χ4n) is 2.64. The summed E-state index contributed by atoms with van der Waals surface area (Å²) < 4.78 is 19.2. The van der Waals surface area contributed by atoms with Crippen LogP contribution in [0.1, 0.15) is 18.2 Å². The highest BCUT2D eigenvalue weighted by Gasteiger charge is 2.07. The number of aromatic nitrogens is 2. The Morgan fingerprint density at radius 1 is 1.03 bits per heavy atom. The molecule has 2 aromatic heterocycles. The zero-order valence-corrected chi connectivity index (χ0v) is 16.3. The lowest BCUT2D eigenvalue weighted by atomic mass is 10.2. The number of nitrogens with zero attached hydrogens (tertiary/aromatic N) is 3. The van der Waals surface area contributed by atoms with Gasteiger partial charge in [0, 0.05) is 49.2 Å². The highest BCUT2D eigenvalue weighted by Crippen LogP contribution is 2.23. The lowest BCUT2D eigenvalue weighted by Crippen LogP contribution is -2.38. The van der Waals surface area contributed by atoms with Crippen molar-refractivity contribution in [2.45, 2.75) is 19.9 Å². The van der Waals surface area contributed by atoms with Crippen LogP contribution in [0.2, 0.25) is 0 Å². The molecule has 29 heavy (non-hydrogen) atoms. The highest BCUT2D eigenvalue weighted by atomic mass is 19.1. The van der Waals surface area contributed by atoms with E-state index in [2.05, 4.69) is 25.6 Å². The second-order valence-electron chi connectivity index (χ2n) is 6.22. The molecule has 0 aliphatic rings. The molecule has 0 saturated heterocycles. The number of nitrogens with one attached hydrogen (secondary N) is 2. The predicted octanol–water partition coefficient (Wildman–Crippen LogP) is 3.71. The van der Waals surface area contributed by atoms with E-state index >= 15 is 0 Å². The third kappa shape index (κ3) is 6.57. The summed E-state index contributed by atoms with van der Waals surface area (Å²) in [4.78, 5) is 13.2. The van der Waals surface area contributed by atoms with Gasteiger partial charge in [0.15, 0.2) is 5.96 Å². The smallest absolute Gasteiger partial charge is 0.224 e. The zero-order chi connectivity index (χ0) is 20.3. The molecule has 7 heteroatoms. The van der Waals surface area contributed by atoms with Crippen molar-refractivity contribution in [1.82, 2.24) is 20.6 Å². The Balaban J connectivity index is 1.64. The number of pyridine rings is 2. The second-order valence-corrected chi connectivity index (χ2v) is 6.22. The highest BCUT2D eigenvalue weighted by molar-refractivity contribution is 5.79. The first-order valence-corrected chi connectivity index (χ1v) is 9.54. The van der Waals surface area contributed by atoms with Crippen LogP contribution in [-0.4, -0.2) is 29.0 Å². The van der Waals surface area contributed by atoms with Gasteiger partial charge in [-0.2, -0.15) is 0 Å². The molecule has 0 unspecified atom stereocenters. The topological polar surface area (TPSA) is 71.4 Å². The Labute approximate surface area is 169 Å². The van der Waals surface area contributed by atoms with E-state index in [0.717, 1.165) is 24.2 Å². The summed E-state index contributed by atoms with van der Waals surface area (Å²) >= 11 is 0. The number of halogens is 1. The van der Waals surface area contributed by atoms with Crippen LogP contribution in [0.25, 0.3) is 0 Å². The minimum absolute atomic E-state index is 0.357. The molecule has 0 atom stereocenters. The Bertz CT molecular complexity index is 933. The van der Waals surface area contributed by atoms with Gasteiger partial charge in [-0.3, -0.25) is 4.98 Å². The number of ether oxygens (including phenoxy) is 1. The van der Waals surface area contributed by atoms with E-state index in [-0.39, 0.29) is 5.82 Å². The van der Waals surface area contributed by atoms with E-state index in [1.54, 1.807) is 24.5 Å². The molecule has 0 saturated carbocycles. The van der Waals surface area contributed by atoms with Gasteiger partial charge in [-0.25, -0.2) is 14.4 Å². The average Bonchev–Trinajstić information content (AvgIpc) is 2.74. The van der Waals surface area contributed by atoms with Crippen molar-refractivity contribution in [3.63, 3.8) is 0 Å². The molecule has 0 radical (unpaired) electrons. The summed E-state index contributed by atoms with van der Waals surface area (Å²) in [5.41, 5.74) is 1.83. The summed E-state index contributed by atoms with van der Waals surface area (Å²) in [6.45, 7) is 3.84. The van der Waals surface area contributed by atoms with Gasteiger partial charge in [0.1, 0.15) is 11.6 Å². The van der Waals surface area contributed by atoms with Crippen molar-refractivity contribution < 1.29 is 9.13 Å². The largest absolute Gasteiger partial charge is 0.439 e. The fourth-order valence-corrected chi connectivity index (χ4v) is 2.64. The van der Waals surface area contributed by atoms with Crippen molar-refractivity contribution in [2.24, 2.45) is 4.99 Å². The molecule has 0 aliphatic heterocycles. The summed E-state index contributed by atoms with van der Waals surface area (Å²) in [5.74, 6) is 1.15. The van der Waals surface area contributed by atoms with Crippen LogP contribution in [0, 0.1) is 5.82 Å².